The summed E-state index contributed by atoms with van der Waals surface area (Å²) in [5.74, 6) is 0.903. The number of nitrogens with two attached hydrogens (primary N) is 1. The zero-order valence-corrected chi connectivity index (χ0v) is 13.0. The number of amides is 1. The second kappa shape index (κ2) is 6.94. The van der Waals surface area contributed by atoms with Gasteiger partial charge in [0.25, 0.3) is 0 Å². The Morgan fingerprint density at radius 1 is 1.43 bits per heavy atom. The van der Waals surface area contributed by atoms with E-state index in [1.165, 1.54) is 0 Å². The first-order valence-electron chi connectivity index (χ1n) is 7.70. The molecule has 1 atom stereocenters. The van der Waals surface area contributed by atoms with Crippen LogP contribution >= 0.6 is 0 Å². The molecule has 0 bridgehead atoms. The lowest BCUT2D eigenvalue weighted by Gasteiger charge is -2.28. The fourth-order valence-electron chi connectivity index (χ4n) is 2.64. The normalized spacial score (nSPS) is 17.8. The number of para-hydroxylation sites is 1. The number of carbonyl (C=O) groups excluding carboxylic acids is 1. The van der Waals surface area contributed by atoms with E-state index < -0.39 is 0 Å². The average Bonchev–Trinajstić information content (AvgIpc) is 2.50. The molecule has 1 heterocycles. The third-order valence-corrected chi connectivity index (χ3v) is 4.05. The van der Waals surface area contributed by atoms with Gasteiger partial charge >= 0.3 is 0 Å². The number of nitrogens with one attached hydrogen (secondary N) is 1. The Balaban J connectivity index is 1.85. The van der Waals surface area contributed by atoms with Crippen LogP contribution in [-0.4, -0.2) is 25.6 Å². The molecule has 0 radical (unpaired) electrons. The van der Waals surface area contributed by atoms with Crippen molar-refractivity contribution in [3.8, 4) is 5.75 Å². The van der Waals surface area contributed by atoms with E-state index in [1.54, 1.807) is 0 Å². The van der Waals surface area contributed by atoms with Crippen molar-refractivity contribution in [1.29, 1.82) is 0 Å². The number of hydrogen-bond acceptors (Lipinski definition) is 3. The predicted octanol–water partition coefficient (Wildman–Crippen LogP) is 2.12. The van der Waals surface area contributed by atoms with E-state index in [4.69, 9.17) is 10.5 Å². The third kappa shape index (κ3) is 4.46. The van der Waals surface area contributed by atoms with Crippen LogP contribution < -0.4 is 15.8 Å². The molecular weight excluding hydrogens is 264 g/mol. The number of benzene rings is 1. The molecule has 0 aliphatic carbocycles. The lowest BCUT2D eigenvalue weighted by Crippen LogP contribution is -2.41. The predicted molar refractivity (Wildman–Crippen MR) is 84.2 cm³/mol. The topological polar surface area (TPSA) is 64.3 Å². The Morgan fingerprint density at radius 3 is 2.95 bits per heavy atom. The minimum atomic E-state index is -0.0924. The van der Waals surface area contributed by atoms with E-state index in [2.05, 4.69) is 19.2 Å². The maximum atomic E-state index is 12.3. The van der Waals surface area contributed by atoms with Gasteiger partial charge in [-0.15, -0.1) is 0 Å². The summed E-state index contributed by atoms with van der Waals surface area (Å²) in [4.78, 5) is 12.3. The molecule has 1 aliphatic heterocycles. The standard InChI is InChI=1S/C17H26N2O2/c1-17(2,8-5-9-18)12-19-16(20)14-10-13-6-3-4-7-15(13)21-11-14/h3-4,6-7,14H,5,8-12,18H2,1-2H3,(H,19,20). The number of hydrogen-bond donors (Lipinski definition) is 2. The molecule has 1 aromatic rings. The highest BCUT2D eigenvalue weighted by atomic mass is 16.5. The summed E-state index contributed by atoms with van der Waals surface area (Å²) in [5.41, 5.74) is 6.75. The Kier molecular flexibility index (Phi) is 5.23. The van der Waals surface area contributed by atoms with E-state index in [9.17, 15) is 4.79 Å². The van der Waals surface area contributed by atoms with Crippen LogP contribution in [0.1, 0.15) is 32.3 Å². The minimum Gasteiger partial charge on any atom is -0.492 e. The zero-order chi connectivity index (χ0) is 15.3. The Bertz CT molecular complexity index is 485. The van der Waals surface area contributed by atoms with Gasteiger partial charge in [-0.1, -0.05) is 32.0 Å². The fourth-order valence-corrected chi connectivity index (χ4v) is 2.64. The molecule has 0 aromatic heterocycles. The van der Waals surface area contributed by atoms with Gasteiger partial charge in [0.1, 0.15) is 12.4 Å². The second-order valence-corrected chi connectivity index (χ2v) is 6.59. The first kappa shape index (κ1) is 15.8. The van der Waals surface area contributed by atoms with Crippen molar-refractivity contribution in [2.45, 2.75) is 33.1 Å². The summed E-state index contributed by atoms with van der Waals surface area (Å²) in [6.07, 6.45) is 2.77. The van der Waals surface area contributed by atoms with Crippen molar-refractivity contribution < 1.29 is 9.53 Å². The average molecular weight is 290 g/mol. The van der Waals surface area contributed by atoms with Gasteiger partial charge in [0.05, 0.1) is 5.92 Å². The molecule has 1 aliphatic rings. The van der Waals surface area contributed by atoms with Crippen LogP contribution in [0.5, 0.6) is 5.75 Å². The number of rotatable bonds is 6. The molecule has 4 nitrogen and oxygen atoms in total. The van der Waals surface area contributed by atoms with Gasteiger partial charge in [-0.2, -0.15) is 0 Å². The largest absolute Gasteiger partial charge is 0.492 e. The van der Waals surface area contributed by atoms with Crippen LogP contribution in [0.3, 0.4) is 0 Å². The van der Waals surface area contributed by atoms with Crippen LogP contribution in [0, 0.1) is 11.3 Å². The van der Waals surface area contributed by atoms with Crippen molar-refractivity contribution in [3.05, 3.63) is 29.8 Å². The molecule has 0 fully saturated rings. The lowest BCUT2D eigenvalue weighted by molar-refractivity contribution is -0.126. The van der Waals surface area contributed by atoms with E-state index in [1.807, 2.05) is 24.3 Å². The molecule has 0 saturated heterocycles. The highest BCUT2D eigenvalue weighted by Crippen LogP contribution is 2.27. The number of fused-ring (bicyclic) bond motifs is 1. The van der Waals surface area contributed by atoms with Crippen molar-refractivity contribution in [3.63, 3.8) is 0 Å². The summed E-state index contributed by atoms with van der Waals surface area (Å²) >= 11 is 0. The zero-order valence-electron chi connectivity index (χ0n) is 13.0. The summed E-state index contributed by atoms with van der Waals surface area (Å²) in [7, 11) is 0. The molecular formula is C17H26N2O2. The molecule has 2 rings (SSSR count). The molecule has 0 spiro atoms. The smallest absolute Gasteiger partial charge is 0.226 e. The van der Waals surface area contributed by atoms with Crippen molar-refractivity contribution >= 4 is 5.91 Å². The second-order valence-electron chi connectivity index (χ2n) is 6.59. The summed E-state index contributed by atoms with van der Waals surface area (Å²) in [6.45, 7) is 6.17. The Labute approximate surface area is 127 Å². The van der Waals surface area contributed by atoms with Crippen LogP contribution in [0.2, 0.25) is 0 Å². The first-order chi connectivity index (χ1) is 10.0. The molecule has 116 valence electrons. The van der Waals surface area contributed by atoms with Crippen LogP contribution in [-0.2, 0) is 11.2 Å². The van der Waals surface area contributed by atoms with Crippen molar-refractivity contribution in [2.75, 3.05) is 19.7 Å². The van der Waals surface area contributed by atoms with Gasteiger partial charge in [0, 0.05) is 6.54 Å². The highest BCUT2D eigenvalue weighted by Gasteiger charge is 2.27. The van der Waals surface area contributed by atoms with Crippen LogP contribution in [0.25, 0.3) is 0 Å². The van der Waals surface area contributed by atoms with E-state index in [0.29, 0.717) is 19.7 Å². The molecule has 1 amide bonds. The van der Waals surface area contributed by atoms with Crippen LogP contribution in [0.4, 0.5) is 0 Å². The van der Waals surface area contributed by atoms with Gasteiger partial charge in [-0.3, -0.25) is 4.79 Å². The molecule has 4 heteroatoms. The van der Waals surface area contributed by atoms with Gasteiger partial charge in [0.15, 0.2) is 0 Å². The van der Waals surface area contributed by atoms with Gasteiger partial charge in [0.2, 0.25) is 5.91 Å². The van der Waals surface area contributed by atoms with E-state index >= 15 is 0 Å². The van der Waals surface area contributed by atoms with Crippen LogP contribution in [0.15, 0.2) is 24.3 Å². The summed E-state index contributed by atoms with van der Waals surface area (Å²) in [5, 5.41) is 3.07. The maximum absolute atomic E-state index is 12.3. The fraction of sp³-hybridized carbons (Fsp3) is 0.588. The molecule has 1 unspecified atom stereocenters. The van der Waals surface area contributed by atoms with E-state index in [-0.39, 0.29) is 17.2 Å². The number of ether oxygens (including phenoxy) is 1. The Hall–Kier alpha value is -1.55. The van der Waals surface area contributed by atoms with Gasteiger partial charge < -0.3 is 15.8 Å². The number of carbonyl (C=O) groups is 1. The maximum Gasteiger partial charge on any atom is 0.226 e. The lowest BCUT2D eigenvalue weighted by atomic mass is 9.87. The van der Waals surface area contributed by atoms with Gasteiger partial charge in [-0.05, 0) is 42.9 Å². The monoisotopic (exact) mass is 290 g/mol. The quantitative estimate of drug-likeness (QED) is 0.843. The molecule has 1 aromatic carbocycles. The first-order valence-corrected chi connectivity index (χ1v) is 7.70. The van der Waals surface area contributed by atoms with E-state index in [0.717, 1.165) is 30.6 Å². The highest BCUT2D eigenvalue weighted by molar-refractivity contribution is 5.79. The third-order valence-electron chi connectivity index (χ3n) is 4.05. The molecule has 0 saturated carbocycles. The summed E-state index contributed by atoms with van der Waals surface area (Å²) < 4.78 is 5.68. The van der Waals surface area contributed by atoms with Gasteiger partial charge in [-0.25, -0.2) is 0 Å². The van der Waals surface area contributed by atoms with Crippen molar-refractivity contribution in [1.82, 2.24) is 5.32 Å². The SMILES string of the molecule is CC(C)(CCCN)CNC(=O)C1COc2ccccc2C1. The summed E-state index contributed by atoms with van der Waals surface area (Å²) in [6, 6.07) is 7.93. The molecule has 3 N–H and O–H groups in total. The Morgan fingerprint density at radius 2 is 2.19 bits per heavy atom. The minimum absolute atomic E-state index is 0.0858. The molecule has 21 heavy (non-hydrogen) atoms. The van der Waals surface area contributed by atoms with Crippen molar-refractivity contribution in [2.24, 2.45) is 17.1 Å².